The number of carbonyl (C=O) groups excluding carboxylic acids is 1. The molecule has 0 spiro atoms. The van der Waals surface area contributed by atoms with Crippen molar-refractivity contribution in [1.29, 1.82) is 0 Å². The smallest absolute Gasteiger partial charge is 0.250 e. The first-order chi connectivity index (χ1) is 9.42. The van der Waals surface area contributed by atoms with Crippen LogP contribution < -0.4 is 4.72 Å². The van der Waals surface area contributed by atoms with Gasteiger partial charge in [0, 0.05) is 12.6 Å². The second-order valence-corrected chi connectivity index (χ2v) is 8.24. The van der Waals surface area contributed by atoms with Crippen LogP contribution >= 0.6 is 11.3 Å². The molecule has 0 aromatic carbocycles. The van der Waals surface area contributed by atoms with Crippen LogP contribution in [0.15, 0.2) is 21.7 Å². The molecule has 1 aliphatic heterocycles. The van der Waals surface area contributed by atoms with Gasteiger partial charge in [-0.2, -0.15) is 0 Å². The summed E-state index contributed by atoms with van der Waals surface area (Å²) in [5.41, 5.74) is 0. The Balaban J connectivity index is 1.96. The molecule has 1 aromatic rings. The van der Waals surface area contributed by atoms with Gasteiger partial charge < -0.3 is 4.90 Å². The fourth-order valence-electron chi connectivity index (χ4n) is 2.54. The molecule has 1 aromatic heterocycles. The summed E-state index contributed by atoms with van der Waals surface area (Å²) in [5.74, 6) is 0.261. The maximum absolute atomic E-state index is 12.2. The van der Waals surface area contributed by atoms with E-state index in [9.17, 15) is 13.2 Å². The number of nitrogens with zero attached hydrogens (tertiary/aromatic N) is 1. The molecule has 1 atom stereocenters. The van der Waals surface area contributed by atoms with Gasteiger partial charge in [0.15, 0.2) is 0 Å². The van der Waals surface area contributed by atoms with E-state index in [1.165, 1.54) is 6.07 Å². The maximum Gasteiger partial charge on any atom is 0.250 e. The van der Waals surface area contributed by atoms with Crippen molar-refractivity contribution < 1.29 is 13.2 Å². The fourth-order valence-corrected chi connectivity index (χ4v) is 4.55. The predicted molar refractivity (Wildman–Crippen MR) is 79.1 cm³/mol. The van der Waals surface area contributed by atoms with Gasteiger partial charge in [0.05, 0.1) is 6.54 Å². The predicted octanol–water partition coefficient (Wildman–Crippen LogP) is 1.67. The summed E-state index contributed by atoms with van der Waals surface area (Å²) in [4.78, 5) is 14.0. The normalized spacial score (nSPS) is 19.8. The lowest BCUT2D eigenvalue weighted by atomic mass is 10.0. The van der Waals surface area contributed by atoms with Gasteiger partial charge in [0.1, 0.15) is 4.21 Å². The number of carbonyl (C=O) groups is 1. The van der Waals surface area contributed by atoms with Crippen LogP contribution in [0, 0.1) is 5.92 Å². The molecule has 1 amide bonds. The second kappa shape index (κ2) is 6.24. The lowest BCUT2D eigenvalue weighted by molar-refractivity contribution is -0.131. The first kappa shape index (κ1) is 15.5. The van der Waals surface area contributed by atoms with Crippen LogP contribution in [0.1, 0.15) is 26.7 Å². The van der Waals surface area contributed by atoms with Gasteiger partial charge in [-0.25, -0.2) is 13.1 Å². The third-order valence-electron chi connectivity index (χ3n) is 3.56. The van der Waals surface area contributed by atoms with Crippen molar-refractivity contribution in [2.24, 2.45) is 5.92 Å². The Kier molecular flexibility index (Phi) is 4.82. The number of sulfonamides is 1. The Morgan fingerprint density at radius 2 is 2.30 bits per heavy atom. The molecule has 0 radical (unpaired) electrons. The first-order valence-corrected chi connectivity index (χ1v) is 9.11. The highest BCUT2D eigenvalue weighted by atomic mass is 32.2. The Hall–Kier alpha value is -0.920. The molecule has 0 aliphatic carbocycles. The van der Waals surface area contributed by atoms with E-state index >= 15 is 0 Å². The summed E-state index contributed by atoms with van der Waals surface area (Å²) in [7, 11) is -3.56. The van der Waals surface area contributed by atoms with Crippen LogP contribution in [-0.4, -0.2) is 38.4 Å². The molecule has 5 nitrogen and oxygen atoms in total. The van der Waals surface area contributed by atoms with Gasteiger partial charge in [-0.1, -0.05) is 19.9 Å². The zero-order chi connectivity index (χ0) is 14.8. The molecular weight excluding hydrogens is 296 g/mol. The Bertz CT molecular complexity index is 552. The molecular formula is C13H20N2O3S2. The lowest BCUT2D eigenvalue weighted by Crippen LogP contribution is -2.44. The molecule has 1 N–H and O–H groups in total. The third kappa shape index (κ3) is 3.39. The van der Waals surface area contributed by atoms with Gasteiger partial charge >= 0.3 is 0 Å². The van der Waals surface area contributed by atoms with E-state index in [2.05, 4.69) is 18.6 Å². The molecule has 0 bridgehead atoms. The van der Waals surface area contributed by atoms with Crippen molar-refractivity contribution in [3.63, 3.8) is 0 Å². The van der Waals surface area contributed by atoms with Crippen LogP contribution in [0.5, 0.6) is 0 Å². The monoisotopic (exact) mass is 316 g/mol. The summed E-state index contributed by atoms with van der Waals surface area (Å²) in [6, 6.07) is 3.44. The Morgan fingerprint density at radius 3 is 2.90 bits per heavy atom. The zero-order valence-corrected chi connectivity index (χ0v) is 13.3. The summed E-state index contributed by atoms with van der Waals surface area (Å²) < 4.78 is 26.5. The van der Waals surface area contributed by atoms with Crippen molar-refractivity contribution >= 4 is 27.3 Å². The quantitative estimate of drug-likeness (QED) is 0.898. The van der Waals surface area contributed by atoms with Crippen molar-refractivity contribution in [3.8, 4) is 0 Å². The number of likely N-dealkylation sites (tertiary alicyclic amines) is 1. The third-order valence-corrected chi connectivity index (χ3v) is 6.36. The molecule has 2 rings (SSSR count). The number of amides is 1. The topological polar surface area (TPSA) is 66.5 Å². The number of rotatable bonds is 5. The van der Waals surface area contributed by atoms with Crippen LogP contribution in [0.2, 0.25) is 0 Å². The standard InChI is InChI=1S/C13H20N2O3S2/c1-10(2)11-5-3-7-15(11)12(16)9-14-20(17,18)13-6-4-8-19-13/h4,6,8,10-11,14H,3,5,7,9H2,1-2H3/t11-/m0/s1. The van der Waals surface area contributed by atoms with Gasteiger partial charge in [-0.3, -0.25) is 4.79 Å². The number of hydrogen-bond donors (Lipinski definition) is 1. The molecule has 0 saturated carbocycles. The Morgan fingerprint density at radius 1 is 1.55 bits per heavy atom. The summed E-state index contributed by atoms with van der Waals surface area (Å²) >= 11 is 1.14. The summed E-state index contributed by atoms with van der Waals surface area (Å²) in [5, 5.41) is 1.70. The largest absolute Gasteiger partial charge is 0.338 e. The molecule has 0 unspecified atom stereocenters. The van der Waals surface area contributed by atoms with Gasteiger partial charge in [0.25, 0.3) is 10.0 Å². The highest BCUT2D eigenvalue weighted by molar-refractivity contribution is 7.91. The minimum Gasteiger partial charge on any atom is -0.338 e. The van der Waals surface area contributed by atoms with E-state index in [0.717, 1.165) is 30.7 Å². The first-order valence-electron chi connectivity index (χ1n) is 6.74. The highest BCUT2D eigenvalue weighted by Gasteiger charge is 2.31. The van der Waals surface area contributed by atoms with E-state index in [1.54, 1.807) is 11.4 Å². The molecule has 2 heterocycles. The lowest BCUT2D eigenvalue weighted by Gasteiger charge is -2.27. The van der Waals surface area contributed by atoms with E-state index < -0.39 is 10.0 Å². The van der Waals surface area contributed by atoms with E-state index in [1.807, 2.05) is 4.90 Å². The van der Waals surface area contributed by atoms with Crippen molar-refractivity contribution in [3.05, 3.63) is 17.5 Å². The van der Waals surface area contributed by atoms with Gasteiger partial charge in [0.2, 0.25) is 5.91 Å². The fraction of sp³-hybridized carbons (Fsp3) is 0.615. The molecule has 1 fully saturated rings. The van der Waals surface area contributed by atoms with Crippen LogP contribution in [0.25, 0.3) is 0 Å². The average molecular weight is 316 g/mol. The Labute approximate surface area is 124 Å². The number of thiophene rings is 1. The van der Waals surface area contributed by atoms with Crippen LogP contribution in [0.4, 0.5) is 0 Å². The van der Waals surface area contributed by atoms with Crippen molar-refractivity contribution in [2.75, 3.05) is 13.1 Å². The molecule has 1 aliphatic rings. The molecule has 20 heavy (non-hydrogen) atoms. The number of hydrogen-bond acceptors (Lipinski definition) is 4. The second-order valence-electron chi connectivity index (χ2n) is 5.30. The van der Waals surface area contributed by atoms with Crippen LogP contribution in [0.3, 0.4) is 0 Å². The van der Waals surface area contributed by atoms with E-state index in [4.69, 9.17) is 0 Å². The zero-order valence-electron chi connectivity index (χ0n) is 11.7. The summed E-state index contributed by atoms with van der Waals surface area (Å²) in [6.45, 7) is 4.74. The SMILES string of the molecule is CC(C)[C@@H]1CCCN1C(=O)CNS(=O)(=O)c1cccs1. The van der Waals surface area contributed by atoms with Gasteiger partial charge in [-0.05, 0) is 30.2 Å². The molecule has 7 heteroatoms. The molecule has 1 saturated heterocycles. The average Bonchev–Trinajstić information content (AvgIpc) is 3.06. The van der Waals surface area contributed by atoms with Crippen LogP contribution in [-0.2, 0) is 14.8 Å². The highest BCUT2D eigenvalue weighted by Crippen LogP contribution is 2.23. The van der Waals surface area contributed by atoms with Crippen molar-refractivity contribution in [2.45, 2.75) is 36.9 Å². The minimum absolute atomic E-state index is 0.138. The molecule has 112 valence electrons. The number of nitrogens with one attached hydrogen (secondary N) is 1. The van der Waals surface area contributed by atoms with E-state index in [0.29, 0.717) is 5.92 Å². The maximum atomic E-state index is 12.2. The summed E-state index contributed by atoms with van der Waals surface area (Å²) in [6.07, 6.45) is 1.99. The van der Waals surface area contributed by atoms with Crippen molar-refractivity contribution in [1.82, 2.24) is 9.62 Å². The van der Waals surface area contributed by atoms with E-state index in [-0.39, 0.29) is 22.7 Å². The van der Waals surface area contributed by atoms with Gasteiger partial charge in [-0.15, -0.1) is 11.3 Å². The minimum atomic E-state index is -3.56.